The molecule has 0 amide bonds. The molecule has 17 heavy (non-hydrogen) atoms. The van der Waals surface area contributed by atoms with Crippen LogP contribution >= 0.6 is 0 Å². The number of aliphatic carboxylic acids is 1. The molecule has 2 unspecified atom stereocenters. The van der Waals surface area contributed by atoms with Crippen molar-refractivity contribution >= 4 is 5.97 Å². The van der Waals surface area contributed by atoms with Gasteiger partial charge >= 0.3 is 5.97 Å². The van der Waals surface area contributed by atoms with Crippen LogP contribution in [0.3, 0.4) is 0 Å². The number of carbonyl (C=O) groups is 1. The van der Waals surface area contributed by atoms with Crippen molar-refractivity contribution in [1.29, 1.82) is 0 Å². The van der Waals surface area contributed by atoms with Crippen LogP contribution < -0.4 is 0 Å². The van der Waals surface area contributed by atoms with Gasteiger partial charge in [-0.1, -0.05) is 0 Å². The summed E-state index contributed by atoms with van der Waals surface area (Å²) >= 11 is 0. The molecule has 1 fully saturated rings. The normalized spacial score (nSPS) is 37.5. The summed E-state index contributed by atoms with van der Waals surface area (Å²) in [5.74, 6) is -2.08. The molecule has 0 aromatic carbocycles. The third kappa shape index (κ3) is 3.64. The number of aliphatic hydroxyl groups excluding tert-OH is 3. The monoisotopic (exact) mass is 248 g/mol. The molecular weight excluding hydrogens is 228 g/mol. The topological polar surface area (TPSA) is 107 Å². The van der Waals surface area contributed by atoms with Gasteiger partial charge in [-0.3, -0.25) is 4.79 Å². The maximum Gasteiger partial charge on any atom is 0.309 e. The Balaban J connectivity index is 2.76. The molecule has 1 aliphatic heterocycles. The van der Waals surface area contributed by atoms with Crippen LogP contribution in [0.15, 0.2) is 0 Å². The molecule has 0 aromatic rings. The number of ether oxygens (including phenoxy) is 1. The van der Waals surface area contributed by atoms with Gasteiger partial charge in [-0.05, 0) is 20.3 Å². The van der Waals surface area contributed by atoms with E-state index >= 15 is 0 Å². The quantitative estimate of drug-likeness (QED) is 0.527. The second-order valence-corrected chi connectivity index (χ2v) is 4.71. The third-order valence-corrected chi connectivity index (χ3v) is 3.08. The Bertz CT molecular complexity index is 267. The summed E-state index contributed by atoms with van der Waals surface area (Å²) in [4.78, 5) is 11.1. The summed E-state index contributed by atoms with van der Waals surface area (Å²) in [7, 11) is 0. The molecule has 1 rings (SSSR count). The van der Waals surface area contributed by atoms with Crippen molar-refractivity contribution in [1.82, 2.24) is 0 Å². The fourth-order valence-electron chi connectivity index (χ4n) is 2.11. The van der Waals surface area contributed by atoms with Gasteiger partial charge < -0.3 is 25.2 Å². The zero-order valence-electron chi connectivity index (χ0n) is 9.98. The van der Waals surface area contributed by atoms with Gasteiger partial charge in [0.05, 0.1) is 36.4 Å². The minimum absolute atomic E-state index is 0.0138. The molecule has 0 aliphatic carbocycles. The molecule has 0 aromatic heterocycles. The number of hydrogen-bond donors (Lipinski definition) is 4. The van der Waals surface area contributed by atoms with Crippen molar-refractivity contribution in [3.05, 3.63) is 0 Å². The van der Waals surface area contributed by atoms with Crippen molar-refractivity contribution in [2.24, 2.45) is 5.92 Å². The SMILES string of the molecule is CC(O)C[C@@H](C(=O)O)C1O[C@H](C)[C@@H](O)C[C@H]1O. The molecule has 0 radical (unpaired) electrons. The van der Waals surface area contributed by atoms with E-state index in [0.717, 1.165) is 0 Å². The third-order valence-electron chi connectivity index (χ3n) is 3.08. The Morgan fingerprint density at radius 1 is 1.41 bits per heavy atom. The zero-order chi connectivity index (χ0) is 13.2. The standard InChI is InChI=1S/C11H20O6/c1-5(12)3-7(11(15)16)10-9(14)4-8(13)6(2)17-10/h5-10,12-14H,3-4H2,1-2H3,(H,15,16)/t5?,6-,7-,8+,9-,10?/m1/s1. The van der Waals surface area contributed by atoms with Crippen molar-refractivity contribution < 1.29 is 30.0 Å². The second kappa shape index (κ2) is 5.77. The molecule has 100 valence electrons. The molecule has 6 heteroatoms. The number of carboxylic acids is 1. The maximum absolute atomic E-state index is 11.1. The van der Waals surface area contributed by atoms with Crippen molar-refractivity contribution in [2.75, 3.05) is 0 Å². The Morgan fingerprint density at radius 2 is 2.00 bits per heavy atom. The van der Waals surface area contributed by atoms with Gasteiger partial charge in [-0.2, -0.15) is 0 Å². The van der Waals surface area contributed by atoms with Gasteiger partial charge in [0.15, 0.2) is 0 Å². The molecule has 4 N–H and O–H groups in total. The van der Waals surface area contributed by atoms with Gasteiger partial charge in [0.2, 0.25) is 0 Å². The molecule has 6 atom stereocenters. The zero-order valence-corrected chi connectivity index (χ0v) is 9.98. The highest BCUT2D eigenvalue weighted by molar-refractivity contribution is 5.71. The first-order chi connectivity index (χ1) is 7.82. The van der Waals surface area contributed by atoms with Gasteiger partial charge in [0.25, 0.3) is 0 Å². The molecular formula is C11H20O6. The first-order valence-corrected chi connectivity index (χ1v) is 5.75. The maximum atomic E-state index is 11.1. The van der Waals surface area contributed by atoms with E-state index in [-0.39, 0.29) is 12.8 Å². The molecule has 0 spiro atoms. The van der Waals surface area contributed by atoms with E-state index in [9.17, 15) is 20.1 Å². The van der Waals surface area contributed by atoms with E-state index in [0.29, 0.717) is 0 Å². The van der Waals surface area contributed by atoms with Crippen LogP contribution in [0.4, 0.5) is 0 Å². The van der Waals surface area contributed by atoms with E-state index in [1.807, 2.05) is 0 Å². The summed E-state index contributed by atoms with van der Waals surface area (Å²) < 4.78 is 5.34. The van der Waals surface area contributed by atoms with Crippen molar-refractivity contribution in [3.8, 4) is 0 Å². The molecule has 1 aliphatic rings. The van der Waals surface area contributed by atoms with E-state index in [2.05, 4.69) is 0 Å². The lowest BCUT2D eigenvalue weighted by molar-refractivity contribution is -0.192. The number of carboxylic acid groups (broad SMARTS) is 1. The van der Waals surface area contributed by atoms with Crippen LogP contribution in [0.25, 0.3) is 0 Å². The van der Waals surface area contributed by atoms with Gasteiger partial charge in [-0.15, -0.1) is 0 Å². The van der Waals surface area contributed by atoms with Gasteiger partial charge in [0.1, 0.15) is 0 Å². The Morgan fingerprint density at radius 3 is 2.47 bits per heavy atom. The van der Waals surface area contributed by atoms with E-state index in [1.165, 1.54) is 6.92 Å². The van der Waals surface area contributed by atoms with Crippen molar-refractivity contribution in [3.63, 3.8) is 0 Å². The van der Waals surface area contributed by atoms with Crippen LogP contribution in [-0.4, -0.2) is 56.9 Å². The molecule has 1 saturated heterocycles. The van der Waals surface area contributed by atoms with E-state index in [4.69, 9.17) is 9.84 Å². The average molecular weight is 248 g/mol. The van der Waals surface area contributed by atoms with Crippen LogP contribution in [0.5, 0.6) is 0 Å². The summed E-state index contributed by atoms with van der Waals surface area (Å²) in [5, 5.41) is 37.6. The fraction of sp³-hybridized carbons (Fsp3) is 0.909. The van der Waals surface area contributed by atoms with Crippen LogP contribution in [0.1, 0.15) is 26.7 Å². The average Bonchev–Trinajstić information content (AvgIpc) is 2.20. The predicted molar refractivity (Wildman–Crippen MR) is 58.4 cm³/mol. The lowest BCUT2D eigenvalue weighted by atomic mass is 9.87. The fourth-order valence-corrected chi connectivity index (χ4v) is 2.11. The van der Waals surface area contributed by atoms with Crippen LogP contribution in [0, 0.1) is 5.92 Å². The van der Waals surface area contributed by atoms with Gasteiger partial charge in [0, 0.05) is 6.42 Å². The molecule has 6 nitrogen and oxygen atoms in total. The summed E-state index contributed by atoms with van der Waals surface area (Å²) in [6.07, 6.45) is -3.90. The highest BCUT2D eigenvalue weighted by Crippen LogP contribution is 2.28. The molecule has 0 saturated carbocycles. The lowest BCUT2D eigenvalue weighted by Gasteiger charge is -2.38. The highest BCUT2D eigenvalue weighted by Gasteiger charge is 2.41. The summed E-state index contributed by atoms with van der Waals surface area (Å²) in [5.41, 5.74) is 0. The minimum atomic E-state index is -1.11. The number of rotatable bonds is 4. The molecule has 1 heterocycles. The Labute approximate surface area is 99.8 Å². The first-order valence-electron chi connectivity index (χ1n) is 5.75. The van der Waals surface area contributed by atoms with Crippen LogP contribution in [-0.2, 0) is 9.53 Å². The van der Waals surface area contributed by atoms with E-state index < -0.39 is 42.4 Å². The van der Waals surface area contributed by atoms with E-state index in [1.54, 1.807) is 6.92 Å². The summed E-state index contributed by atoms with van der Waals surface area (Å²) in [6.45, 7) is 3.12. The summed E-state index contributed by atoms with van der Waals surface area (Å²) in [6, 6.07) is 0. The smallest absolute Gasteiger partial charge is 0.309 e. The highest BCUT2D eigenvalue weighted by atomic mass is 16.5. The first kappa shape index (κ1) is 14.4. The second-order valence-electron chi connectivity index (χ2n) is 4.71. The van der Waals surface area contributed by atoms with Crippen molar-refractivity contribution in [2.45, 2.75) is 57.2 Å². The lowest BCUT2D eigenvalue weighted by Crippen LogP contribution is -2.51. The Hall–Kier alpha value is -0.690. The minimum Gasteiger partial charge on any atom is -0.481 e. The predicted octanol–water partition coefficient (Wildman–Crippen LogP) is -0.643. The number of aliphatic hydroxyl groups is 3. The number of hydrogen-bond acceptors (Lipinski definition) is 5. The van der Waals surface area contributed by atoms with Crippen LogP contribution in [0.2, 0.25) is 0 Å². The largest absolute Gasteiger partial charge is 0.481 e. The molecule has 0 bridgehead atoms. The Kier molecular flexibility index (Phi) is 4.88. The van der Waals surface area contributed by atoms with Gasteiger partial charge in [-0.25, -0.2) is 0 Å².